The molecular formula is C29H32N6O4. The molecule has 0 spiro atoms. The lowest BCUT2D eigenvalue weighted by Gasteiger charge is -2.46. The van der Waals surface area contributed by atoms with Crippen molar-refractivity contribution < 1.29 is 19.2 Å². The van der Waals surface area contributed by atoms with Gasteiger partial charge in [0.25, 0.3) is 5.91 Å². The number of urea groups is 1. The third kappa shape index (κ3) is 6.11. The van der Waals surface area contributed by atoms with Crippen molar-refractivity contribution >= 4 is 35.3 Å². The van der Waals surface area contributed by atoms with Gasteiger partial charge in [-0.3, -0.25) is 24.3 Å². The molecule has 39 heavy (non-hydrogen) atoms. The van der Waals surface area contributed by atoms with E-state index in [4.69, 9.17) is 0 Å². The van der Waals surface area contributed by atoms with Gasteiger partial charge in [0.05, 0.1) is 12.0 Å². The third-order valence-corrected chi connectivity index (χ3v) is 6.80. The van der Waals surface area contributed by atoms with Crippen LogP contribution in [0.5, 0.6) is 0 Å². The summed E-state index contributed by atoms with van der Waals surface area (Å²) in [7, 11) is 1.61. The number of pyridine rings is 2. The Hall–Kier alpha value is -4.60. The number of hydrogen-bond donors (Lipinski definition) is 2. The number of likely N-dealkylation sites (tertiary alicyclic amines) is 1. The van der Waals surface area contributed by atoms with Crippen LogP contribution in [0.1, 0.15) is 43.0 Å². The molecule has 1 saturated heterocycles. The molecule has 2 N–H and O–H groups in total. The molecule has 3 heterocycles. The maximum absolute atomic E-state index is 13.7. The number of nitrogens with one attached hydrogen (secondary N) is 2. The Bertz CT molecular complexity index is 1380. The average Bonchev–Trinajstić information content (AvgIpc) is 2.92. The number of amides is 5. The van der Waals surface area contributed by atoms with Gasteiger partial charge in [0.2, 0.25) is 11.8 Å². The van der Waals surface area contributed by atoms with Crippen LogP contribution < -0.4 is 15.5 Å². The van der Waals surface area contributed by atoms with Crippen molar-refractivity contribution in [1.82, 2.24) is 20.2 Å². The second-order valence-electron chi connectivity index (χ2n) is 9.62. The fourth-order valence-electron chi connectivity index (χ4n) is 4.78. The van der Waals surface area contributed by atoms with Crippen molar-refractivity contribution in [2.24, 2.45) is 5.92 Å². The van der Waals surface area contributed by atoms with Gasteiger partial charge in [0.15, 0.2) is 0 Å². The lowest BCUT2D eigenvalue weighted by Crippen LogP contribution is -2.70. The Morgan fingerprint density at radius 2 is 1.82 bits per heavy atom. The van der Waals surface area contributed by atoms with E-state index >= 15 is 0 Å². The number of carbonyl (C=O) groups excluding carboxylic acids is 4. The van der Waals surface area contributed by atoms with Crippen LogP contribution in [0.4, 0.5) is 16.3 Å². The standard InChI is InChI=1S/C29H32N6O4/c1-5-24(21-8-6-7-18(2)15-21)33-29(39)35-26(28(38)34(4)22-10-12-30-13-11-22)23(27(35)37)16-20-9-14-31-25(17-20)32-19(3)36/h6-15,17,23-24,26H,5,16H2,1-4H3,(H,33,39)(H,31,32,36)/t23-,24-,26+/m1/s1. The largest absolute Gasteiger partial charge is 0.331 e. The van der Waals surface area contributed by atoms with Crippen LogP contribution >= 0.6 is 0 Å². The lowest BCUT2D eigenvalue weighted by atomic mass is 9.81. The third-order valence-electron chi connectivity index (χ3n) is 6.80. The minimum Gasteiger partial charge on any atom is -0.331 e. The summed E-state index contributed by atoms with van der Waals surface area (Å²) in [6.07, 6.45) is 5.48. The maximum Gasteiger partial charge on any atom is 0.325 e. The molecule has 10 nitrogen and oxygen atoms in total. The van der Waals surface area contributed by atoms with E-state index in [1.165, 1.54) is 18.0 Å². The van der Waals surface area contributed by atoms with E-state index in [1.54, 1.807) is 43.7 Å². The molecule has 0 radical (unpaired) electrons. The second kappa shape index (κ2) is 11.8. The van der Waals surface area contributed by atoms with E-state index in [9.17, 15) is 19.2 Å². The molecular weight excluding hydrogens is 496 g/mol. The summed E-state index contributed by atoms with van der Waals surface area (Å²) in [6.45, 7) is 5.30. The molecule has 0 unspecified atom stereocenters. The summed E-state index contributed by atoms with van der Waals surface area (Å²) in [5.74, 6) is -1.51. The Morgan fingerprint density at radius 1 is 1.08 bits per heavy atom. The zero-order valence-corrected chi connectivity index (χ0v) is 22.4. The minimum atomic E-state index is -1.01. The lowest BCUT2D eigenvalue weighted by molar-refractivity contribution is -0.156. The van der Waals surface area contributed by atoms with Crippen molar-refractivity contribution in [3.63, 3.8) is 0 Å². The van der Waals surface area contributed by atoms with Crippen LogP contribution in [0.3, 0.4) is 0 Å². The van der Waals surface area contributed by atoms with E-state index in [0.717, 1.165) is 16.0 Å². The predicted octanol–water partition coefficient (Wildman–Crippen LogP) is 3.64. The molecule has 1 aliphatic rings. The number of carbonyl (C=O) groups is 4. The van der Waals surface area contributed by atoms with Crippen LogP contribution in [0.2, 0.25) is 0 Å². The molecule has 1 fully saturated rings. The van der Waals surface area contributed by atoms with Crippen molar-refractivity contribution in [3.05, 3.63) is 83.8 Å². The number of hydrogen-bond acceptors (Lipinski definition) is 6. The summed E-state index contributed by atoms with van der Waals surface area (Å²) < 4.78 is 0. The number of anilines is 2. The molecule has 3 atom stereocenters. The molecule has 1 aliphatic heterocycles. The van der Waals surface area contributed by atoms with Crippen LogP contribution in [-0.2, 0) is 20.8 Å². The molecule has 0 bridgehead atoms. The maximum atomic E-state index is 13.7. The number of aryl methyl sites for hydroxylation is 1. The number of likely N-dealkylation sites (N-methyl/N-ethyl adjacent to an activating group) is 1. The van der Waals surface area contributed by atoms with Gasteiger partial charge in [-0.05, 0) is 55.2 Å². The van der Waals surface area contributed by atoms with Gasteiger partial charge >= 0.3 is 6.03 Å². The van der Waals surface area contributed by atoms with Gasteiger partial charge < -0.3 is 15.5 Å². The zero-order chi connectivity index (χ0) is 28.1. The van der Waals surface area contributed by atoms with E-state index in [2.05, 4.69) is 20.6 Å². The highest BCUT2D eigenvalue weighted by Crippen LogP contribution is 2.33. The van der Waals surface area contributed by atoms with Crippen LogP contribution in [0.25, 0.3) is 0 Å². The molecule has 1 aromatic carbocycles. The van der Waals surface area contributed by atoms with Crippen molar-refractivity contribution in [1.29, 1.82) is 0 Å². The van der Waals surface area contributed by atoms with Crippen LogP contribution in [0, 0.1) is 12.8 Å². The smallest absolute Gasteiger partial charge is 0.325 e. The fraction of sp³-hybridized carbons (Fsp3) is 0.310. The molecule has 202 valence electrons. The Kier molecular flexibility index (Phi) is 8.33. The fourth-order valence-corrected chi connectivity index (χ4v) is 4.78. The number of aromatic nitrogens is 2. The average molecular weight is 529 g/mol. The van der Waals surface area contributed by atoms with E-state index < -0.39 is 23.9 Å². The van der Waals surface area contributed by atoms with E-state index in [0.29, 0.717) is 23.5 Å². The molecule has 0 aliphatic carbocycles. The number of rotatable bonds is 8. The SMILES string of the molecule is CC[C@@H](NC(=O)N1C(=O)[C@H](Cc2ccnc(NC(C)=O)c2)[C@H]1C(=O)N(C)c1ccncc1)c1cccc(C)c1. The predicted molar refractivity (Wildman–Crippen MR) is 147 cm³/mol. The monoisotopic (exact) mass is 528 g/mol. The summed E-state index contributed by atoms with van der Waals surface area (Å²) in [5, 5.41) is 5.57. The highest BCUT2D eigenvalue weighted by Gasteiger charge is 2.55. The Balaban J connectivity index is 1.60. The summed E-state index contributed by atoms with van der Waals surface area (Å²) in [6, 6.07) is 12.6. The molecule has 4 rings (SSSR count). The van der Waals surface area contributed by atoms with Gasteiger partial charge in [-0.25, -0.2) is 9.78 Å². The first-order chi connectivity index (χ1) is 18.7. The molecule has 3 aromatic rings. The highest BCUT2D eigenvalue weighted by atomic mass is 16.2. The zero-order valence-electron chi connectivity index (χ0n) is 22.4. The van der Waals surface area contributed by atoms with Crippen LogP contribution in [-0.4, -0.2) is 51.7 Å². The Morgan fingerprint density at radius 3 is 2.49 bits per heavy atom. The van der Waals surface area contributed by atoms with Gasteiger partial charge in [0, 0.05) is 38.2 Å². The number of nitrogens with zero attached hydrogens (tertiary/aromatic N) is 4. The Labute approximate surface area is 227 Å². The highest BCUT2D eigenvalue weighted by molar-refractivity contribution is 6.12. The van der Waals surface area contributed by atoms with E-state index in [1.807, 2.05) is 38.1 Å². The van der Waals surface area contributed by atoms with Gasteiger partial charge in [-0.1, -0.05) is 36.8 Å². The molecule has 2 aromatic heterocycles. The van der Waals surface area contributed by atoms with Crippen LogP contribution in [0.15, 0.2) is 67.1 Å². The summed E-state index contributed by atoms with van der Waals surface area (Å²) in [5.41, 5.74) is 3.29. The molecule has 10 heteroatoms. The first-order valence-electron chi connectivity index (χ1n) is 12.8. The molecule has 0 saturated carbocycles. The number of β-lactam (4-membered cyclic amide) rings is 1. The van der Waals surface area contributed by atoms with Gasteiger partial charge in [-0.15, -0.1) is 0 Å². The quantitative estimate of drug-likeness (QED) is 0.430. The summed E-state index contributed by atoms with van der Waals surface area (Å²) in [4.78, 5) is 62.6. The van der Waals surface area contributed by atoms with Crippen molar-refractivity contribution in [2.75, 3.05) is 17.3 Å². The van der Waals surface area contributed by atoms with Gasteiger partial charge in [-0.2, -0.15) is 0 Å². The van der Waals surface area contributed by atoms with Crippen molar-refractivity contribution in [3.8, 4) is 0 Å². The topological polar surface area (TPSA) is 125 Å². The first kappa shape index (κ1) is 27.4. The van der Waals surface area contributed by atoms with E-state index in [-0.39, 0.29) is 24.3 Å². The minimum absolute atomic E-state index is 0.202. The van der Waals surface area contributed by atoms with Gasteiger partial charge in [0.1, 0.15) is 11.9 Å². The number of benzene rings is 1. The number of imide groups is 1. The first-order valence-corrected chi connectivity index (χ1v) is 12.8. The van der Waals surface area contributed by atoms with Crippen molar-refractivity contribution in [2.45, 2.75) is 45.7 Å². The summed E-state index contributed by atoms with van der Waals surface area (Å²) >= 11 is 0. The molecule has 5 amide bonds. The normalized spacial score (nSPS) is 17.1. The second-order valence-corrected chi connectivity index (χ2v) is 9.62.